The Balaban J connectivity index is 1.69. The molecular weight excluding hydrogens is 406 g/mol. The number of anilines is 1. The summed E-state index contributed by atoms with van der Waals surface area (Å²) in [7, 11) is 0. The fourth-order valence-electron chi connectivity index (χ4n) is 3.78. The molecule has 0 atom stereocenters. The molecule has 8 nitrogen and oxygen atoms in total. The molecule has 8 heteroatoms. The van der Waals surface area contributed by atoms with Crippen LogP contribution in [0, 0.1) is 6.92 Å². The maximum Gasteiger partial charge on any atom is 0.329 e. The van der Waals surface area contributed by atoms with E-state index in [1.54, 1.807) is 11.5 Å². The molecule has 0 aliphatic rings. The summed E-state index contributed by atoms with van der Waals surface area (Å²) in [5.41, 5.74) is 3.78. The first kappa shape index (κ1) is 21.5. The van der Waals surface area contributed by atoms with Crippen molar-refractivity contribution in [1.82, 2.24) is 19.3 Å². The van der Waals surface area contributed by atoms with E-state index in [9.17, 15) is 9.59 Å². The first-order valence-electron chi connectivity index (χ1n) is 10.7. The molecule has 32 heavy (non-hydrogen) atoms. The van der Waals surface area contributed by atoms with Gasteiger partial charge in [-0.15, -0.1) is 0 Å². The first-order valence-corrected chi connectivity index (χ1v) is 10.7. The van der Waals surface area contributed by atoms with Gasteiger partial charge in [0.2, 0.25) is 17.6 Å². The van der Waals surface area contributed by atoms with Crippen LogP contribution in [-0.4, -0.2) is 25.2 Å². The number of amides is 1. The zero-order chi connectivity index (χ0) is 23.0. The lowest BCUT2D eigenvalue weighted by molar-refractivity contribution is -0.116. The van der Waals surface area contributed by atoms with Crippen LogP contribution < -0.4 is 11.0 Å². The van der Waals surface area contributed by atoms with E-state index >= 15 is 0 Å². The Bertz CT molecular complexity index is 1330. The lowest BCUT2D eigenvalue weighted by Gasteiger charge is -2.09. The van der Waals surface area contributed by atoms with Crippen LogP contribution in [0.2, 0.25) is 0 Å². The van der Waals surface area contributed by atoms with Crippen molar-refractivity contribution in [2.24, 2.45) is 0 Å². The summed E-state index contributed by atoms with van der Waals surface area (Å²) in [6, 6.07) is 13.2. The van der Waals surface area contributed by atoms with Gasteiger partial charge in [-0.2, -0.15) is 4.98 Å². The van der Waals surface area contributed by atoms with Crippen LogP contribution in [0.3, 0.4) is 0 Å². The molecule has 2 heterocycles. The van der Waals surface area contributed by atoms with Gasteiger partial charge < -0.3 is 9.84 Å². The Hall–Kier alpha value is -3.68. The molecule has 0 unspecified atom stereocenters. The SMILES string of the molecule is Cc1nc(-c2ccc3c(c2)n(CC(=O)Nc2ccc(C(C)C)cc2)c(=O)n3C(C)C)no1. The number of carbonyl (C=O) groups excluding carboxylic acids is 1. The van der Waals surface area contributed by atoms with E-state index in [1.165, 1.54) is 10.1 Å². The number of hydrogen-bond acceptors (Lipinski definition) is 5. The molecule has 1 N–H and O–H groups in total. The van der Waals surface area contributed by atoms with E-state index in [-0.39, 0.29) is 24.2 Å². The number of imidazole rings is 1. The predicted molar refractivity (Wildman–Crippen MR) is 124 cm³/mol. The molecule has 0 spiro atoms. The third-order valence-corrected chi connectivity index (χ3v) is 5.43. The number of nitrogens with one attached hydrogen (secondary N) is 1. The van der Waals surface area contributed by atoms with Crippen molar-refractivity contribution >= 4 is 22.6 Å². The lowest BCUT2D eigenvalue weighted by Crippen LogP contribution is -2.30. The van der Waals surface area contributed by atoms with Crippen molar-refractivity contribution in [3.05, 3.63) is 64.4 Å². The summed E-state index contributed by atoms with van der Waals surface area (Å²) in [5, 5.41) is 6.85. The molecular formula is C24H27N5O3. The maximum absolute atomic E-state index is 13.2. The van der Waals surface area contributed by atoms with Crippen molar-refractivity contribution in [2.45, 2.75) is 53.1 Å². The van der Waals surface area contributed by atoms with Gasteiger partial charge in [0.15, 0.2) is 0 Å². The fourth-order valence-corrected chi connectivity index (χ4v) is 3.78. The quantitative estimate of drug-likeness (QED) is 0.483. The van der Waals surface area contributed by atoms with Crippen LogP contribution >= 0.6 is 0 Å². The third kappa shape index (κ3) is 4.08. The summed E-state index contributed by atoms with van der Waals surface area (Å²) in [6.45, 7) is 9.74. The van der Waals surface area contributed by atoms with Gasteiger partial charge >= 0.3 is 5.69 Å². The fraction of sp³-hybridized carbons (Fsp3) is 0.333. The molecule has 0 aliphatic carbocycles. The van der Waals surface area contributed by atoms with Crippen molar-refractivity contribution in [1.29, 1.82) is 0 Å². The average molecular weight is 434 g/mol. The van der Waals surface area contributed by atoms with Gasteiger partial charge in [0.1, 0.15) is 6.54 Å². The number of carbonyl (C=O) groups is 1. The summed E-state index contributed by atoms with van der Waals surface area (Å²) in [5.74, 6) is 1.04. The van der Waals surface area contributed by atoms with Gasteiger partial charge in [-0.05, 0) is 55.7 Å². The minimum absolute atomic E-state index is 0.0591. The summed E-state index contributed by atoms with van der Waals surface area (Å²) >= 11 is 0. The highest BCUT2D eigenvalue weighted by molar-refractivity contribution is 5.92. The van der Waals surface area contributed by atoms with E-state index in [1.807, 2.05) is 56.3 Å². The van der Waals surface area contributed by atoms with E-state index in [2.05, 4.69) is 29.3 Å². The molecule has 0 radical (unpaired) electrons. The van der Waals surface area contributed by atoms with Gasteiger partial charge in [-0.25, -0.2) is 4.79 Å². The maximum atomic E-state index is 13.2. The molecule has 0 saturated carbocycles. The smallest absolute Gasteiger partial charge is 0.329 e. The normalized spacial score (nSPS) is 11.6. The van der Waals surface area contributed by atoms with Crippen LogP contribution in [0.1, 0.15) is 51.1 Å². The molecule has 0 saturated heterocycles. The number of aryl methyl sites for hydroxylation is 1. The number of aromatic nitrogens is 4. The second-order valence-electron chi connectivity index (χ2n) is 8.50. The van der Waals surface area contributed by atoms with Crippen molar-refractivity contribution in [3.63, 3.8) is 0 Å². The lowest BCUT2D eigenvalue weighted by atomic mass is 10.0. The Labute approximate surface area is 185 Å². The zero-order valence-electron chi connectivity index (χ0n) is 18.9. The molecule has 2 aromatic carbocycles. The molecule has 0 bridgehead atoms. The predicted octanol–water partition coefficient (Wildman–Crippen LogP) is 4.50. The van der Waals surface area contributed by atoms with Gasteiger partial charge in [-0.1, -0.05) is 31.1 Å². The van der Waals surface area contributed by atoms with Gasteiger partial charge in [0, 0.05) is 24.2 Å². The van der Waals surface area contributed by atoms with Crippen LogP contribution in [0.25, 0.3) is 22.4 Å². The Kier molecular flexibility index (Phi) is 5.69. The van der Waals surface area contributed by atoms with Crippen molar-refractivity contribution in [3.8, 4) is 11.4 Å². The minimum Gasteiger partial charge on any atom is -0.339 e. The molecule has 4 rings (SSSR count). The number of benzene rings is 2. The van der Waals surface area contributed by atoms with Crippen LogP contribution in [0.15, 0.2) is 51.8 Å². The number of nitrogens with zero attached hydrogens (tertiary/aromatic N) is 4. The molecule has 0 fully saturated rings. The number of hydrogen-bond donors (Lipinski definition) is 1. The van der Waals surface area contributed by atoms with E-state index in [4.69, 9.17) is 4.52 Å². The van der Waals surface area contributed by atoms with Crippen LogP contribution in [-0.2, 0) is 11.3 Å². The summed E-state index contributed by atoms with van der Waals surface area (Å²) in [6.07, 6.45) is 0. The van der Waals surface area contributed by atoms with Crippen LogP contribution in [0.4, 0.5) is 5.69 Å². The average Bonchev–Trinajstić information content (AvgIpc) is 3.29. The second-order valence-corrected chi connectivity index (χ2v) is 8.50. The Morgan fingerprint density at radius 1 is 1.06 bits per heavy atom. The highest BCUT2D eigenvalue weighted by Crippen LogP contribution is 2.24. The molecule has 2 aromatic heterocycles. The minimum atomic E-state index is -0.270. The molecule has 4 aromatic rings. The van der Waals surface area contributed by atoms with Gasteiger partial charge in [-0.3, -0.25) is 13.9 Å². The van der Waals surface area contributed by atoms with Crippen molar-refractivity contribution < 1.29 is 9.32 Å². The molecule has 1 amide bonds. The van der Waals surface area contributed by atoms with Gasteiger partial charge in [0.25, 0.3) is 0 Å². The summed E-state index contributed by atoms with van der Waals surface area (Å²) < 4.78 is 8.26. The molecule has 0 aliphatic heterocycles. The van der Waals surface area contributed by atoms with Gasteiger partial charge in [0.05, 0.1) is 11.0 Å². The summed E-state index contributed by atoms with van der Waals surface area (Å²) in [4.78, 5) is 30.3. The number of fused-ring (bicyclic) bond motifs is 1. The number of rotatable bonds is 6. The standard InChI is InChI=1S/C24H27N5O3/c1-14(2)17-6-9-19(10-7-17)26-22(30)13-28-21-12-18(23-25-16(5)32-27-23)8-11-20(21)29(15(3)4)24(28)31/h6-12,14-15H,13H2,1-5H3,(H,26,30). The highest BCUT2D eigenvalue weighted by atomic mass is 16.5. The first-order chi connectivity index (χ1) is 15.2. The van der Waals surface area contributed by atoms with E-state index in [0.717, 1.165) is 5.52 Å². The zero-order valence-corrected chi connectivity index (χ0v) is 18.9. The highest BCUT2D eigenvalue weighted by Gasteiger charge is 2.19. The van der Waals surface area contributed by atoms with E-state index in [0.29, 0.717) is 34.4 Å². The third-order valence-electron chi connectivity index (χ3n) is 5.43. The van der Waals surface area contributed by atoms with Crippen LogP contribution in [0.5, 0.6) is 0 Å². The molecule has 166 valence electrons. The second kappa shape index (κ2) is 8.45. The Morgan fingerprint density at radius 3 is 2.38 bits per heavy atom. The Morgan fingerprint density at radius 2 is 1.78 bits per heavy atom. The van der Waals surface area contributed by atoms with E-state index < -0.39 is 0 Å². The monoisotopic (exact) mass is 433 g/mol. The topological polar surface area (TPSA) is 95.0 Å². The van der Waals surface area contributed by atoms with Crippen molar-refractivity contribution in [2.75, 3.05) is 5.32 Å². The largest absolute Gasteiger partial charge is 0.339 e.